The number of ketones is 1. The number of carbonyl (C=O) groups excluding carboxylic acids is 4. The highest BCUT2D eigenvalue weighted by Crippen LogP contribution is 2.45. The minimum atomic E-state index is -4.83. The number of rotatable bonds is 75. The Morgan fingerprint density at radius 1 is 0.337 bits per heavy atom. The topological polar surface area (TPSA) is 216 Å². The van der Waals surface area contributed by atoms with Gasteiger partial charge >= 0.3 is 13.8 Å². The van der Waals surface area contributed by atoms with Gasteiger partial charge in [-0.1, -0.05) is 336 Å². The summed E-state index contributed by atoms with van der Waals surface area (Å²) in [4.78, 5) is 74.1. The molecule has 0 radical (unpaired) electrons. The van der Waals surface area contributed by atoms with Crippen molar-refractivity contribution in [3.8, 4) is 0 Å². The maximum absolute atomic E-state index is 13.2. The standard InChI is InChI=1S/C75H148N2O13P2/c1-6-10-14-18-22-26-30-34-38-42-46-50-54-58-71(78)63-62-69(76-73(80)59-55-51-47-43-39-35-31-27-23-19-15-11-7-2)65-87-91(5,83)88-67-72(79)68-90-92(84,85)89-66-70(77-74(81)60-56-52-48-44-40-36-32-28-24-20-16-12-8-3)64-86-75(82)61-57-53-49-45-41-37-33-29-25-21-17-13-9-4/h69-70,72,79,83H,5-68H2,1-4H3,(H,76,80)(H,77,81)(H,84,85). The Bertz CT molecular complexity index is 1640. The van der Waals surface area contributed by atoms with E-state index in [1.807, 2.05) is 0 Å². The Kier molecular flexibility index (Phi) is 66.6. The van der Waals surface area contributed by atoms with E-state index in [1.165, 1.54) is 238 Å². The Morgan fingerprint density at radius 3 is 0.946 bits per heavy atom. The van der Waals surface area contributed by atoms with E-state index in [-0.39, 0.29) is 50.1 Å². The van der Waals surface area contributed by atoms with Crippen LogP contribution in [0.15, 0.2) is 0 Å². The van der Waals surface area contributed by atoms with Gasteiger partial charge in [0.25, 0.3) is 0 Å². The summed E-state index contributed by atoms with van der Waals surface area (Å²) in [5.41, 5.74) is 0. The second kappa shape index (κ2) is 67.9. The lowest BCUT2D eigenvalue weighted by Gasteiger charge is -2.24. The second-order valence-electron chi connectivity index (χ2n) is 27.2. The highest BCUT2D eigenvalue weighted by molar-refractivity contribution is 7.58. The third kappa shape index (κ3) is 66.9. The van der Waals surface area contributed by atoms with E-state index in [1.54, 1.807) is 0 Å². The monoisotopic (exact) mass is 1350 g/mol. The summed E-state index contributed by atoms with van der Waals surface area (Å²) in [5, 5.41) is 16.6. The number of esters is 1. The molecule has 0 heterocycles. The zero-order valence-electron chi connectivity index (χ0n) is 60.3. The predicted molar refractivity (Wildman–Crippen MR) is 386 cm³/mol. The molecule has 2 amide bonds. The number of hydrogen-bond donors (Lipinski definition) is 5. The van der Waals surface area contributed by atoms with Crippen LogP contribution < -0.4 is 10.6 Å². The molecule has 0 aromatic carbocycles. The van der Waals surface area contributed by atoms with Gasteiger partial charge in [0.1, 0.15) is 18.5 Å². The zero-order valence-corrected chi connectivity index (χ0v) is 62.1. The van der Waals surface area contributed by atoms with Gasteiger partial charge in [-0.3, -0.25) is 28.2 Å². The molecule has 546 valence electrons. The number of unbranched alkanes of at least 4 members (excludes halogenated alkanes) is 48. The highest BCUT2D eigenvalue weighted by Gasteiger charge is 2.28. The summed E-state index contributed by atoms with van der Waals surface area (Å²) in [7, 11) is -8.67. The van der Waals surface area contributed by atoms with Gasteiger partial charge in [0.15, 0.2) is 0 Å². The number of hydrogen-bond acceptors (Lipinski definition) is 12. The third-order valence-electron chi connectivity index (χ3n) is 17.8. The van der Waals surface area contributed by atoms with Crippen molar-refractivity contribution in [3.63, 3.8) is 0 Å². The molecule has 0 aliphatic rings. The van der Waals surface area contributed by atoms with E-state index < -0.39 is 59.4 Å². The molecule has 0 aromatic rings. The van der Waals surface area contributed by atoms with E-state index in [0.29, 0.717) is 32.1 Å². The number of Topliss-reactive ketones (excluding diaryl/α,β-unsaturated/α-hetero) is 1. The molecular weight excluding hydrogens is 1200 g/mol. The van der Waals surface area contributed by atoms with Crippen molar-refractivity contribution < 1.29 is 61.5 Å². The van der Waals surface area contributed by atoms with Gasteiger partial charge in [0.05, 0.1) is 38.5 Å². The number of ether oxygens (including phenoxy) is 1. The van der Waals surface area contributed by atoms with E-state index >= 15 is 0 Å². The molecular formula is C75H148N2O13P2. The lowest BCUT2D eigenvalue weighted by Crippen LogP contribution is -2.42. The molecule has 5 unspecified atom stereocenters. The molecule has 17 heteroatoms. The van der Waals surface area contributed by atoms with Crippen LogP contribution in [0.5, 0.6) is 0 Å². The zero-order chi connectivity index (χ0) is 67.5. The van der Waals surface area contributed by atoms with E-state index in [0.717, 1.165) is 83.5 Å². The van der Waals surface area contributed by atoms with Gasteiger partial charge in [-0.2, -0.15) is 0 Å². The minimum Gasteiger partial charge on any atom is -0.463 e. The van der Waals surface area contributed by atoms with Crippen molar-refractivity contribution >= 4 is 45.3 Å². The van der Waals surface area contributed by atoms with E-state index in [9.17, 15) is 38.6 Å². The quantitative estimate of drug-likeness (QED) is 0.0218. The maximum Gasteiger partial charge on any atom is 0.472 e. The lowest BCUT2D eigenvalue weighted by atomic mass is 10.0. The van der Waals surface area contributed by atoms with Crippen LogP contribution in [0.4, 0.5) is 0 Å². The molecule has 0 aromatic heterocycles. The summed E-state index contributed by atoms with van der Waals surface area (Å²) in [6.45, 7) is 6.74. The molecule has 0 saturated carbocycles. The SMILES string of the molecule is C=P(O)(OCC(O)COP(=O)(O)OCC(COC(=O)CCCCCCCCCCCCCCC)NC(=O)CCCCCCCCCCCCCCC)OCC(CCC(=O)CCCCCCCCCCCCCCC)NC(=O)CCCCCCCCCCCCCCC. The fourth-order valence-corrected chi connectivity index (χ4v) is 13.5. The van der Waals surface area contributed by atoms with E-state index in [4.69, 9.17) is 22.8 Å². The maximum atomic E-state index is 13.2. The van der Waals surface area contributed by atoms with Crippen molar-refractivity contribution in [1.82, 2.24) is 10.6 Å². The molecule has 15 nitrogen and oxygen atoms in total. The normalized spacial score (nSPS) is 14.0. The van der Waals surface area contributed by atoms with Gasteiger partial charge < -0.3 is 39.3 Å². The number of phosphoric acid groups is 1. The first-order valence-electron chi connectivity index (χ1n) is 39.0. The number of aliphatic hydroxyl groups is 1. The first kappa shape index (κ1) is 90.3. The minimum absolute atomic E-state index is 0.118. The molecule has 92 heavy (non-hydrogen) atoms. The van der Waals surface area contributed by atoms with E-state index in [2.05, 4.69) is 44.6 Å². The van der Waals surface area contributed by atoms with Crippen molar-refractivity contribution in [2.24, 2.45) is 0 Å². The Hall–Kier alpha value is -1.67. The molecule has 0 aliphatic carbocycles. The highest BCUT2D eigenvalue weighted by atomic mass is 31.2. The van der Waals surface area contributed by atoms with Crippen molar-refractivity contribution in [3.05, 3.63) is 0 Å². The van der Waals surface area contributed by atoms with Crippen LogP contribution in [0.2, 0.25) is 0 Å². The lowest BCUT2D eigenvalue weighted by molar-refractivity contribution is -0.145. The Labute approximate surface area is 566 Å². The van der Waals surface area contributed by atoms with Gasteiger partial charge in [0, 0.05) is 32.1 Å². The number of aliphatic hydroxyl groups excluding tert-OH is 1. The summed E-state index contributed by atoms with van der Waals surface area (Å²) < 4.78 is 40.3. The number of carbonyl (C=O) groups is 4. The molecule has 0 spiro atoms. The molecule has 0 aliphatic heterocycles. The fraction of sp³-hybridized carbons (Fsp3) is 0.933. The second-order valence-corrected chi connectivity index (χ2v) is 30.4. The summed E-state index contributed by atoms with van der Waals surface area (Å²) >= 11 is 0. The molecule has 5 N–H and O–H groups in total. The van der Waals surface area contributed by atoms with Crippen LogP contribution >= 0.6 is 15.4 Å². The number of amides is 2. The molecule has 5 atom stereocenters. The van der Waals surface area contributed by atoms with Crippen LogP contribution in [0.1, 0.15) is 400 Å². The van der Waals surface area contributed by atoms with Crippen LogP contribution in [-0.2, 0) is 46.6 Å². The molecule has 0 bridgehead atoms. The van der Waals surface area contributed by atoms with Crippen LogP contribution in [-0.4, -0.2) is 96.0 Å². The summed E-state index contributed by atoms with van der Waals surface area (Å²) in [5.74, 6) is -0.735. The van der Waals surface area contributed by atoms with Gasteiger partial charge in [0.2, 0.25) is 19.4 Å². The Balaban J connectivity index is 5.25. The third-order valence-corrected chi connectivity index (χ3v) is 19.9. The molecule has 0 saturated heterocycles. The van der Waals surface area contributed by atoms with Gasteiger partial charge in [-0.25, -0.2) is 4.57 Å². The predicted octanol–water partition coefficient (Wildman–Crippen LogP) is 21.5. The summed E-state index contributed by atoms with van der Waals surface area (Å²) in [6, 6.07) is -1.53. The van der Waals surface area contributed by atoms with Crippen molar-refractivity contribution in [2.75, 3.05) is 33.0 Å². The van der Waals surface area contributed by atoms with Crippen molar-refractivity contribution in [1.29, 1.82) is 0 Å². The fourth-order valence-electron chi connectivity index (χ4n) is 11.8. The first-order chi connectivity index (χ1) is 44.7. The largest absolute Gasteiger partial charge is 0.472 e. The van der Waals surface area contributed by atoms with Crippen LogP contribution in [0, 0.1) is 0 Å². The van der Waals surface area contributed by atoms with Gasteiger partial charge in [-0.15, -0.1) is 0 Å². The average Bonchev–Trinajstić information content (AvgIpc) is 3.51. The molecule has 0 rings (SSSR count). The van der Waals surface area contributed by atoms with Gasteiger partial charge in [-0.05, 0) is 38.4 Å². The number of nitrogens with one attached hydrogen (secondary N) is 2. The first-order valence-corrected chi connectivity index (χ1v) is 42.2. The molecule has 0 fully saturated rings. The number of phosphoric ester groups is 1. The van der Waals surface area contributed by atoms with Crippen LogP contribution in [0.3, 0.4) is 0 Å². The Morgan fingerprint density at radius 2 is 0.598 bits per heavy atom. The van der Waals surface area contributed by atoms with Crippen molar-refractivity contribution in [2.45, 2.75) is 418 Å². The average molecular weight is 1350 g/mol. The summed E-state index contributed by atoms with van der Waals surface area (Å²) in [6.07, 6.45) is 66.5. The van der Waals surface area contributed by atoms with Crippen LogP contribution in [0.25, 0.3) is 0 Å². The smallest absolute Gasteiger partial charge is 0.463 e.